The second-order valence-electron chi connectivity index (χ2n) is 5.07. The normalized spacial score (nSPS) is 10.2. The third-order valence-electron chi connectivity index (χ3n) is 2.36. The maximum Gasteiger partial charge on any atom is 0.339 e. The Morgan fingerprint density at radius 2 is 1.60 bits per heavy atom. The molecule has 0 saturated heterocycles. The quantitative estimate of drug-likeness (QED) is 0.591. The van der Waals surface area contributed by atoms with Gasteiger partial charge in [0.2, 0.25) is 0 Å². The number of hydrogen-bond acceptors (Lipinski definition) is 4. The third kappa shape index (κ3) is 4.88. The monoisotopic (exact) mass is 276 g/mol. The van der Waals surface area contributed by atoms with Gasteiger partial charge >= 0.3 is 11.9 Å². The topological polar surface area (TPSA) is 52.6 Å². The van der Waals surface area contributed by atoms with Crippen molar-refractivity contribution in [2.75, 3.05) is 13.2 Å². The van der Waals surface area contributed by atoms with Crippen LogP contribution in [0, 0.1) is 5.92 Å². The fourth-order valence-corrected chi connectivity index (χ4v) is 1.43. The first-order valence-electron chi connectivity index (χ1n) is 6.49. The van der Waals surface area contributed by atoms with E-state index in [4.69, 9.17) is 9.47 Å². The lowest BCUT2D eigenvalue weighted by atomic mass is 10.1. The Morgan fingerprint density at radius 3 is 2.05 bits per heavy atom. The Labute approximate surface area is 119 Å². The molecule has 0 aliphatic rings. The highest BCUT2D eigenvalue weighted by Crippen LogP contribution is 2.13. The van der Waals surface area contributed by atoms with Gasteiger partial charge in [-0.25, -0.2) is 9.59 Å². The average Bonchev–Trinajstić information content (AvgIpc) is 2.42. The van der Waals surface area contributed by atoms with Gasteiger partial charge in [-0.05, 0) is 30.5 Å². The Hall–Kier alpha value is -2.10. The molecule has 4 nitrogen and oxygen atoms in total. The van der Waals surface area contributed by atoms with Crippen LogP contribution in [0.5, 0.6) is 0 Å². The highest BCUT2D eigenvalue weighted by Gasteiger charge is 2.19. The maximum absolute atomic E-state index is 12.0. The Balaban J connectivity index is 2.84. The van der Waals surface area contributed by atoms with Crippen LogP contribution in [-0.4, -0.2) is 25.2 Å². The van der Waals surface area contributed by atoms with Gasteiger partial charge in [-0.2, -0.15) is 0 Å². The fourth-order valence-electron chi connectivity index (χ4n) is 1.43. The van der Waals surface area contributed by atoms with Gasteiger partial charge in [-0.3, -0.25) is 0 Å². The van der Waals surface area contributed by atoms with Gasteiger partial charge in [0.1, 0.15) is 6.61 Å². The summed E-state index contributed by atoms with van der Waals surface area (Å²) in [5, 5.41) is 0. The van der Waals surface area contributed by atoms with Crippen molar-refractivity contribution < 1.29 is 19.1 Å². The van der Waals surface area contributed by atoms with Crippen LogP contribution < -0.4 is 0 Å². The molecule has 0 unspecified atom stereocenters. The van der Waals surface area contributed by atoms with Crippen molar-refractivity contribution in [3.05, 3.63) is 47.5 Å². The van der Waals surface area contributed by atoms with E-state index in [0.29, 0.717) is 6.61 Å². The van der Waals surface area contributed by atoms with Crippen molar-refractivity contribution in [1.82, 2.24) is 0 Å². The molecule has 0 heterocycles. The van der Waals surface area contributed by atoms with Crippen LogP contribution in [0.1, 0.15) is 41.5 Å². The molecule has 4 heteroatoms. The van der Waals surface area contributed by atoms with Gasteiger partial charge in [0, 0.05) is 0 Å². The van der Waals surface area contributed by atoms with E-state index in [1.165, 1.54) is 0 Å². The standard InChI is InChI=1S/C16H20O4/c1-11(2)9-19-15(17)13-7-5-6-8-14(13)16(18)20-10-12(3)4/h5-8,12H,1,9-10H2,2-4H3. The Morgan fingerprint density at radius 1 is 1.10 bits per heavy atom. The van der Waals surface area contributed by atoms with Crippen LogP contribution in [0.15, 0.2) is 36.4 Å². The van der Waals surface area contributed by atoms with Crippen LogP contribution in [-0.2, 0) is 9.47 Å². The number of rotatable bonds is 6. The predicted octanol–water partition coefficient (Wildman–Crippen LogP) is 3.23. The number of carbonyl (C=O) groups is 2. The molecule has 0 bridgehead atoms. The average molecular weight is 276 g/mol. The summed E-state index contributed by atoms with van der Waals surface area (Å²) in [6.07, 6.45) is 0. The molecule has 0 spiro atoms. The molecule has 0 aromatic heterocycles. The third-order valence-corrected chi connectivity index (χ3v) is 2.36. The van der Waals surface area contributed by atoms with Crippen LogP contribution in [0.3, 0.4) is 0 Å². The molecule has 1 aromatic rings. The van der Waals surface area contributed by atoms with Gasteiger partial charge in [0.25, 0.3) is 0 Å². The summed E-state index contributed by atoms with van der Waals surface area (Å²) in [5.74, 6) is -0.826. The van der Waals surface area contributed by atoms with Gasteiger partial charge in [0.05, 0.1) is 17.7 Å². The summed E-state index contributed by atoms with van der Waals surface area (Å²) in [4.78, 5) is 23.9. The molecule has 0 aliphatic carbocycles. The molecule has 0 amide bonds. The summed E-state index contributed by atoms with van der Waals surface area (Å²) in [6, 6.07) is 6.46. The minimum Gasteiger partial charge on any atom is -0.462 e. The lowest BCUT2D eigenvalue weighted by Gasteiger charge is -2.10. The van der Waals surface area contributed by atoms with E-state index in [0.717, 1.165) is 5.57 Å². The highest BCUT2D eigenvalue weighted by atomic mass is 16.5. The number of carbonyl (C=O) groups excluding carboxylic acids is 2. The largest absolute Gasteiger partial charge is 0.462 e. The highest BCUT2D eigenvalue weighted by molar-refractivity contribution is 6.03. The van der Waals surface area contributed by atoms with E-state index in [1.807, 2.05) is 13.8 Å². The smallest absolute Gasteiger partial charge is 0.339 e. The fraction of sp³-hybridized carbons (Fsp3) is 0.375. The van der Waals surface area contributed by atoms with Crippen molar-refractivity contribution in [3.63, 3.8) is 0 Å². The maximum atomic E-state index is 12.0. The minimum absolute atomic E-state index is 0.133. The van der Waals surface area contributed by atoms with Gasteiger partial charge in [-0.15, -0.1) is 0 Å². The summed E-state index contributed by atoms with van der Waals surface area (Å²) in [5.41, 5.74) is 1.17. The first-order valence-corrected chi connectivity index (χ1v) is 6.49. The van der Waals surface area contributed by atoms with E-state index < -0.39 is 11.9 Å². The van der Waals surface area contributed by atoms with Gasteiger partial charge < -0.3 is 9.47 Å². The molecule has 0 fully saturated rings. The van der Waals surface area contributed by atoms with E-state index >= 15 is 0 Å². The number of hydrogen-bond donors (Lipinski definition) is 0. The molecule has 0 N–H and O–H groups in total. The van der Waals surface area contributed by atoms with E-state index in [1.54, 1.807) is 31.2 Å². The van der Waals surface area contributed by atoms with Crippen molar-refractivity contribution in [1.29, 1.82) is 0 Å². The second kappa shape index (κ2) is 7.48. The van der Waals surface area contributed by atoms with Crippen molar-refractivity contribution in [3.8, 4) is 0 Å². The molecule has 1 aromatic carbocycles. The number of ether oxygens (including phenoxy) is 2. The zero-order chi connectivity index (χ0) is 15.1. The lowest BCUT2D eigenvalue weighted by molar-refractivity contribution is 0.0438. The van der Waals surface area contributed by atoms with Gasteiger partial charge in [0.15, 0.2) is 0 Å². The zero-order valence-corrected chi connectivity index (χ0v) is 12.1. The Kier molecular flexibility index (Phi) is 5.97. The summed E-state index contributed by atoms with van der Waals surface area (Å²) in [6.45, 7) is 9.75. The zero-order valence-electron chi connectivity index (χ0n) is 12.1. The van der Waals surface area contributed by atoms with E-state index in [9.17, 15) is 9.59 Å². The van der Waals surface area contributed by atoms with Crippen molar-refractivity contribution in [2.45, 2.75) is 20.8 Å². The van der Waals surface area contributed by atoms with Gasteiger partial charge in [-0.1, -0.05) is 32.6 Å². The second-order valence-corrected chi connectivity index (χ2v) is 5.07. The number of benzene rings is 1. The molecule has 108 valence electrons. The Bertz CT molecular complexity index is 503. The molecular weight excluding hydrogens is 256 g/mol. The van der Waals surface area contributed by atoms with E-state index in [2.05, 4.69) is 6.58 Å². The molecule has 0 radical (unpaired) electrons. The van der Waals surface area contributed by atoms with Crippen molar-refractivity contribution in [2.24, 2.45) is 5.92 Å². The summed E-state index contributed by atoms with van der Waals surface area (Å²) < 4.78 is 10.2. The predicted molar refractivity (Wildman–Crippen MR) is 76.7 cm³/mol. The van der Waals surface area contributed by atoms with E-state index in [-0.39, 0.29) is 23.7 Å². The molecule has 0 aliphatic heterocycles. The summed E-state index contributed by atoms with van der Waals surface area (Å²) in [7, 11) is 0. The van der Waals surface area contributed by atoms with Crippen LogP contribution >= 0.6 is 0 Å². The number of esters is 2. The molecule has 1 rings (SSSR count). The van der Waals surface area contributed by atoms with Crippen LogP contribution in [0.2, 0.25) is 0 Å². The SMILES string of the molecule is C=C(C)COC(=O)c1ccccc1C(=O)OCC(C)C. The first kappa shape index (κ1) is 16.0. The molecular formula is C16H20O4. The molecule has 20 heavy (non-hydrogen) atoms. The lowest BCUT2D eigenvalue weighted by Crippen LogP contribution is -2.16. The minimum atomic E-state index is -0.551. The molecule has 0 atom stereocenters. The van der Waals surface area contributed by atoms with Crippen LogP contribution in [0.25, 0.3) is 0 Å². The first-order chi connectivity index (χ1) is 9.41. The molecule has 0 saturated carbocycles. The van der Waals surface area contributed by atoms with Crippen LogP contribution in [0.4, 0.5) is 0 Å². The van der Waals surface area contributed by atoms with Crippen molar-refractivity contribution >= 4 is 11.9 Å². The summed E-state index contributed by atoms with van der Waals surface area (Å²) >= 11 is 0.